The van der Waals surface area contributed by atoms with Crippen LogP contribution >= 0.6 is 47.1 Å². The number of rotatable bonds is 9. The Hall–Kier alpha value is -1.39. The highest BCUT2D eigenvalue weighted by Crippen LogP contribution is 2.34. The van der Waals surface area contributed by atoms with Gasteiger partial charge in [0.05, 0.1) is 6.61 Å². The minimum Gasteiger partial charge on any atom is -0.463 e. The van der Waals surface area contributed by atoms with Gasteiger partial charge in [0.1, 0.15) is 5.82 Å². The smallest absolute Gasteiger partial charge is 0.331 e. The number of esters is 1. The maximum Gasteiger partial charge on any atom is 0.331 e. The molecule has 0 spiro atoms. The summed E-state index contributed by atoms with van der Waals surface area (Å²) in [5.41, 5.74) is 7.22. The molecule has 0 saturated carbocycles. The Balaban J connectivity index is 0.00000392. The lowest BCUT2D eigenvalue weighted by Crippen LogP contribution is -2.04. The first-order valence-corrected chi connectivity index (χ1v) is 10.5. The number of nitrogens with one attached hydrogen (secondary N) is 1. The molecule has 1 heterocycles. The summed E-state index contributed by atoms with van der Waals surface area (Å²) in [5.74, 6) is 0.178. The van der Waals surface area contributed by atoms with Crippen LogP contribution in [0.25, 0.3) is 16.0 Å². The molecule has 0 bridgehead atoms. The standard InChI is InChI=1S/C20H23FN2O2S2.HI/c1-2-25-19(24)13-15(5-3-4-12-26-20(22)23)18-11-10-17(27-18)14-6-8-16(21)9-7-14;/h6-11,13H,2-5,12H2,1H3,(H3,22,23);1H/b15-13-;. The van der Waals surface area contributed by atoms with Crippen LogP contribution in [0.2, 0.25) is 0 Å². The van der Waals surface area contributed by atoms with E-state index in [9.17, 15) is 9.18 Å². The van der Waals surface area contributed by atoms with E-state index < -0.39 is 0 Å². The molecule has 0 fully saturated rings. The molecule has 0 unspecified atom stereocenters. The van der Waals surface area contributed by atoms with Crippen LogP contribution in [0.4, 0.5) is 4.39 Å². The third-order valence-corrected chi connectivity index (χ3v) is 5.74. The lowest BCUT2D eigenvalue weighted by atomic mass is 10.1. The molecule has 28 heavy (non-hydrogen) atoms. The highest BCUT2D eigenvalue weighted by Gasteiger charge is 2.10. The van der Waals surface area contributed by atoms with Crippen molar-refractivity contribution in [1.29, 1.82) is 5.41 Å². The fourth-order valence-corrected chi connectivity index (χ4v) is 4.10. The maximum absolute atomic E-state index is 13.1. The summed E-state index contributed by atoms with van der Waals surface area (Å²) in [5, 5.41) is 7.36. The monoisotopic (exact) mass is 534 g/mol. The highest BCUT2D eigenvalue weighted by molar-refractivity contribution is 14.0. The lowest BCUT2D eigenvalue weighted by Gasteiger charge is -2.06. The fraction of sp³-hybridized carbons (Fsp3) is 0.300. The Labute approximate surface area is 190 Å². The molecule has 4 nitrogen and oxygen atoms in total. The summed E-state index contributed by atoms with van der Waals surface area (Å²) < 4.78 is 18.2. The zero-order valence-electron chi connectivity index (χ0n) is 15.6. The number of unbranched alkanes of at least 4 members (excludes halogenated alkanes) is 1. The zero-order valence-corrected chi connectivity index (χ0v) is 19.5. The van der Waals surface area contributed by atoms with Crippen LogP contribution in [0, 0.1) is 11.2 Å². The van der Waals surface area contributed by atoms with E-state index in [1.165, 1.54) is 23.9 Å². The Bertz CT molecular complexity index is 807. The molecule has 8 heteroatoms. The first-order valence-electron chi connectivity index (χ1n) is 8.70. The minimum absolute atomic E-state index is 0. The fourth-order valence-electron chi connectivity index (χ4n) is 2.47. The van der Waals surface area contributed by atoms with E-state index in [1.54, 1.807) is 36.5 Å². The maximum atomic E-state index is 13.1. The molecular weight excluding hydrogens is 510 g/mol. The first kappa shape index (κ1) is 24.6. The molecule has 0 aliphatic heterocycles. The number of halogens is 2. The van der Waals surface area contributed by atoms with Gasteiger partial charge in [0, 0.05) is 21.6 Å². The second-order valence-corrected chi connectivity index (χ2v) is 7.98. The van der Waals surface area contributed by atoms with Crippen LogP contribution in [-0.4, -0.2) is 23.5 Å². The summed E-state index contributed by atoms with van der Waals surface area (Å²) >= 11 is 2.90. The molecule has 0 radical (unpaired) electrons. The Morgan fingerprint density at radius 1 is 1.25 bits per heavy atom. The second-order valence-electron chi connectivity index (χ2n) is 5.76. The van der Waals surface area contributed by atoms with Crippen molar-refractivity contribution in [3.05, 3.63) is 53.2 Å². The van der Waals surface area contributed by atoms with Crippen molar-refractivity contribution in [2.24, 2.45) is 5.73 Å². The molecular formula is C20H24FIN2O2S2. The molecule has 0 saturated heterocycles. The number of benzene rings is 1. The van der Waals surface area contributed by atoms with Gasteiger partial charge < -0.3 is 10.5 Å². The summed E-state index contributed by atoms with van der Waals surface area (Å²) in [6.45, 7) is 2.12. The van der Waals surface area contributed by atoms with Gasteiger partial charge in [-0.25, -0.2) is 9.18 Å². The van der Waals surface area contributed by atoms with Gasteiger partial charge in [0.15, 0.2) is 5.17 Å². The minimum atomic E-state index is -0.345. The normalized spacial score (nSPS) is 11.0. The van der Waals surface area contributed by atoms with Gasteiger partial charge in [0.2, 0.25) is 0 Å². The molecule has 0 aliphatic carbocycles. The largest absolute Gasteiger partial charge is 0.463 e. The van der Waals surface area contributed by atoms with Gasteiger partial charge in [-0.15, -0.1) is 35.3 Å². The van der Waals surface area contributed by atoms with Crippen molar-refractivity contribution in [1.82, 2.24) is 0 Å². The average molecular weight is 534 g/mol. The van der Waals surface area contributed by atoms with Gasteiger partial charge >= 0.3 is 5.97 Å². The third-order valence-electron chi connectivity index (χ3n) is 3.73. The van der Waals surface area contributed by atoms with Gasteiger partial charge in [0.25, 0.3) is 0 Å². The van der Waals surface area contributed by atoms with Crippen molar-refractivity contribution in [3.63, 3.8) is 0 Å². The molecule has 2 aromatic rings. The number of amidine groups is 1. The zero-order chi connectivity index (χ0) is 19.6. The summed E-state index contributed by atoms with van der Waals surface area (Å²) in [6.07, 6.45) is 4.08. The number of thiophene rings is 1. The van der Waals surface area contributed by atoms with E-state index in [1.807, 2.05) is 12.1 Å². The predicted octanol–water partition coefficient (Wildman–Crippen LogP) is 5.92. The van der Waals surface area contributed by atoms with Crippen LogP contribution in [0.15, 0.2) is 42.5 Å². The number of nitrogens with two attached hydrogens (primary N) is 1. The van der Waals surface area contributed by atoms with E-state index in [0.717, 1.165) is 45.9 Å². The van der Waals surface area contributed by atoms with Crippen molar-refractivity contribution in [3.8, 4) is 10.4 Å². The first-order chi connectivity index (χ1) is 13.0. The molecule has 3 N–H and O–H groups in total. The van der Waals surface area contributed by atoms with E-state index in [2.05, 4.69) is 0 Å². The number of hydrogen-bond donors (Lipinski definition) is 2. The molecule has 0 aliphatic rings. The van der Waals surface area contributed by atoms with E-state index >= 15 is 0 Å². The number of ether oxygens (including phenoxy) is 1. The van der Waals surface area contributed by atoms with Crippen LogP contribution < -0.4 is 5.73 Å². The van der Waals surface area contributed by atoms with Crippen LogP contribution in [0.5, 0.6) is 0 Å². The van der Waals surface area contributed by atoms with Crippen LogP contribution in [0.1, 0.15) is 31.1 Å². The third kappa shape index (κ3) is 8.32. The Kier molecular flexibility index (Phi) is 11.4. The lowest BCUT2D eigenvalue weighted by molar-refractivity contribution is -0.137. The summed E-state index contributed by atoms with van der Waals surface area (Å²) in [4.78, 5) is 14.0. The van der Waals surface area contributed by atoms with Crippen molar-refractivity contribution in [2.75, 3.05) is 12.4 Å². The molecule has 2 rings (SSSR count). The van der Waals surface area contributed by atoms with Crippen molar-refractivity contribution >= 4 is 63.8 Å². The SMILES string of the molecule is CCOC(=O)/C=C(/CCCCSC(=N)N)c1ccc(-c2ccc(F)cc2)s1.I. The number of thioether (sulfide) groups is 1. The van der Waals surface area contributed by atoms with Crippen molar-refractivity contribution in [2.45, 2.75) is 26.2 Å². The Morgan fingerprint density at radius 3 is 2.61 bits per heavy atom. The number of carbonyl (C=O) groups is 1. The molecule has 0 amide bonds. The van der Waals surface area contributed by atoms with Gasteiger partial charge in [-0.1, -0.05) is 23.9 Å². The topological polar surface area (TPSA) is 76.2 Å². The quantitative estimate of drug-likeness (QED) is 0.105. The highest BCUT2D eigenvalue weighted by atomic mass is 127. The second kappa shape index (κ2) is 12.9. The number of carbonyl (C=O) groups excluding carboxylic acids is 1. The number of hydrogen-bond acceptors (Lipinski definition) is 5. The van der Waals surface area contributed by atoms with E-state index in [4.69, 9.17) is 15.9 Å². The molecule has 1 aromatic carbocycles. The predicted molar refractivity (Wildman–Crippen MR) is 128 cm³/mol. The Morgan fingerprint density at radius 2 is 1.96 bits per heavy atom. The van der Waals surface area contributed by atoms with Gasteiger partial charge in [-0.05, 0) is 61.6 Å². The summed E-state index contributed by atoms with van der Waals surface area (Å²) in [6, 6.07) is 10.3. The molecule has 1 aromatic heterocycles. The van der Waals surface area contributed by atoms with Crippen LogP contribution in [-0.2, 0) is 9.53 Å². The van der Waals surface area contributed by atoms with E-state index in [0.29, 0.717) is 6.61 Å². The average Bonchev–Trinajstić information content (AvgIpc) is 3.11. The van der Waals surface area contributed by atoms with Gasteiger partial charge in [-0.3, -0.25) is 5.41 Å². The van der Waals surface area contributed by atoms with Gasteiger partial charge in [-0.2, -0.15) is 0 Å². The van der Waals surface area contributed by atoms with Crippen molar-refractivity contribution < 1.29 is 13.9 Å². The molecule has 152 valence electrons. The molecule has 0 atom stereocenters. The number of allylic oxidation sites excluding steroid dienone is 1. The van der Waals surface area contributed by atoms with Crippen LogP contribution in [0.3, 0.4) is 0 Å². The van der Waals surface area contributed by atoms with E-state index in [-0.39, 0.29) is 40.9 Å². The summed E-state index contributed by atoms with van der Waals surface area (Å²) in [7, 11) is 0.